The van der Waals surface area contributed by atoms with E-state index in [9.17, 15) is 17.6 Å². The van der Waals surface area contributed by atoms with Crippen molar-refractivity contribution in [3.05, 3.63) is 64.5 Å². The summed E-state index contributed by atoms with van der Waals surface area (Å²) in [5.74, 6) is 0.612. The maximum Gasteiger partial charge on any atom is 0.416 e. The first-order chi connectivity index (χ1) is 13.4. The van der Waals surface area contributed by atoms with E-state index in [1.807, 2.05) is 0 Å². The summed E-state index contributed by atoms with van der Waals surface area (Å²) in [5, 5.41) is 6.05. The van der Waals surface area contributed by atoms with Crippen molar-refractivity contribution < 1.29 is 27.0 Å². The summed E-state index contributed by atoms with van der Waals surface area (Å²) in [4.78, 5) is 4.06. The molecule has 5 nitrogen and oxygen atoms in total. The summed E-state index contributed by atoms with van der Waals surface area (Å²) in [6.45, 7) is 0.920. The lowest BCUT2D eigenvalue weighted by Crippen LogP contribution is -2.36. The summed E-state index contributed by atoms with van der Waals surface area (Å²) < 4.78 is 62.2. The molecule has 2 aromatic rings. The van der Waals surface area contributed by atoms with Gasteiger partial charge in [0, 0.05) is 31.3 Å². The molecule has 2 N–H and O–H groups in total. The predicted molar refractivity (Wildman–Crippen MR) is 111 cm³/mol. The largest absolute Gasteiger partial charge is 0.467 e. The van der Waals surface area contributed by atoms with Crippen molar-refractivity contribution in [2.75, 3.05) is 13.8 Å². The van der Waals surface area contributed by atoms with Crippen LogP contribution in [0.2, 0.25) is 0 Å². The zero-order chi connectivity index (χ0) is 20.1. The molecule has 1 aliphatic heterocycles. The van der Waals surface area contributed by atoms with E-state index in [0.717, 1.165) is 12.1 Å². The highest BCUT2D eigenvalue weighted by atomic mass is 127. The molecule has 0 saturated heterocycles. The average Bonchev–Trinajstić information content (AvgIpc) is 2.67. The van der Waals surface area contributed by atoms with Crippen LogP contribution in [0.3, 0.4) is 0 Å². The summed E-state index contributed by atoms with van der Waals surface area (Å²) in [6, 6.07) is 7.62. The molecule has 0 bridgehead atoms. The molecule has 1 aliphatic rings. The van der Waals surface area contributed by atoms with E-state index in [4.69, 9.17) is 9.47 Å². The minimum Gasteiger partial charge on any atom is -0.467 e. The highest BCUT2D eigenvalue weighted by molar-refractivity contribution is 14.0. The molecule has 0 radical (unpaired) electrons. The second-order valence-corrected chi connectivity index (χ2v) is 6.14. The zero-order valence-electron chi connectivity index (χ0n) is 15.5. The number of aliphatic imine (C=N–C) groups is 1. The van der Waals surface area contributed by atoms with Crippen molar-refractivity contribution in [3.63, 3.8) is 0 Å². The minimum atomic E-state index is -4.36. The monoisotopic (exact) mass is 525 g/mol. The lowest BCUT2D eigenvalue weighted by atomic mass is 10.1. The number of benzene rings is 2. The molecule has 1 heterocycles. The van der Waals surface area contributed by atoms with Crippen molar-refractivity contribution in [1.29, 1.82) is 0 Å². The van der Waals surface area contributed by atoms with Crippen molar-refractivity contribution in [3.8, 4) is 5.75 Å². The number of halogens is 5. The molecular weight excluding hydrogens is 505 g/mol. The van der Waals surface area contributed by atoms with Crippen LogP contribution in [0, 0.1) is 5.82 Å². The molecule has 0 atom stereocenters. The first kappa shape index (κ1) is 23.2. The highest BCUT2D eigenvalue weighted by Crippen LogP contribution is 2.30. The zero-order valence-corrected chi connectivity index (χ0v) is 17.8. The van der Waals surface area contributed by atoms with E-state index in [1.165, 1.54) is 24.3 Å². The smallest absolute Gasteiger partial charge is 0.416 e. The number of rotatable bonds is 4. The molecule has 3 rings (SSSR count). The first-order valence-electron chi connectivity index (χ1n) is 8.49. The van der Waals surface area contributed by atoms with E-state index in [0.29, 0.717) is 28.4 Å². The van der Waals surface area contributed by atoms with E-state index >= 15 is 0 Å². The van der Waals surface area contributed by atoms with Crippen LogP contribution < -0.4 is 15.4 Å². The van der Waals surface area contributed by atoms with Crippen LogP contribution in [0.5, 0.6) is 5.75 Å². The molecule has 0 spiro atoms. The maximum atomic E-state index is 13.8. The molecule has 0 amide bonds. The maximum absolute atomic E-state index is 13.8. The topological polar surface area (TPSA) is 54.9 Å². The van der Waals surface area contributed by atoms with Crippen LogP contribution in [0.15, 0.2) is 41.4 Å². The Hall–Kier alpha value is -2.08. The van der Waals surface area contributed by atoms with Crippen LogP contribution in [0.1, 0.15) is 22.3 Å². The van der Waals surface area contributed by atoms with Gasteiger partial charge in [-0.1, -0.05) is 12.1 Å². The predicted octanol–water partition coefficient (Wildman–Crippen LogP) is 4.19. The number of hydrogen-bond donors (Lipinski definition) is 2. The second-order valence-electron chi connectivity index (χ2n) is 6.14. The fourth-order valence-corrected chi connectivity index (χ4v) is 2.78. The van der Waals surface area contributed by atoms with Gasteiger partial charge in [0.15, 0.2) is 12.8 Å². The van der Waals surface area contributed by atoms with Crippen LogP contribution >= 0.6 is 24.0 Å². The van der Waals surface area contributed by atoms with Gasteiger partial charge in [0.05, 0.1) is 12.2 Å². The number of alkyl halides is 3. The summed E-state index contributed by atoms with van der Waals surface area (Å²) in [6.07, 6.45) is -4.36. The van der Waals surface area contributed by atoms with Gasteiger partial charge in [-0.25, -0.2) is 4.39 Å². The Balaban J connectivity index is 0.00000300. The standard InChI is InChI=1S/C19H19F4N3O2.HI/c1-24-18(25-8-12-2-4-15(5-3-12)19(21,22)23)26-9-13-6-16(20)7-14-10-27-11-28-17(13)14;/h2-7H,8-11H2,1H3,(H2,24,25,26);1H. The van der Waals surface area contributed by atoms with Gasteiger partial charge in [-0.3, -0.25) is 4.99 Å². The summed E-state index contributed by atoms with van der Waals surface area (Å²) >= 11 is 0. The van der Waals surface area contributed by atoms with Gasteiger partial charge < -0.3 is 20.1 Å². The second kappa shape index (κ2) is 10.1. The molecule has 29 heavy (non-hydrogen) atoms. The average molecular weight is 525 g/mol. The molecule has 0 aromatic heterocycles. The number of guanidine groups is 1. The Labute approximate surface area is 182 Å². The van der Waals surface area contributed by atoms with Gasteiger partial charge >= 0.3 is 6.18 Å². The molecule has 0 aliphatic carbocycles. The van der Waals surface area contributed by atoms with E-state index in [1.54, 1.807) is 7.05 Å². The molecule has 0 unspecified atom stereocenters. The lowest BCUT2D eigenvalue weighted by Gasteiger charge is -2.21. The lowest BCUT2D eigenvalue weighted by molar-refractivity contribution is -0.137. The van der Waals surface area contributed by atoms with Crippen molar-refractivity contribution in [2.24, 2.45) is 4.99 Å². The Morgan fingerprint density at radius 1 is 1.10 bits per heavy atom. The number of ether oxygens (including phenoxy) is 2. The summed E-state index contributed by atoms with van der Waals surface area (Å²) in [7, 11) is 1.56. The van der Waals surface area contributed by atoms with Gasteiger partial charge in [0.1, 0.15) is 11.6 Å². The number of hydrogen-bond acceptors (Lipinski definition) is 3. The van der Waals surface area contributed by atoms with Crippen molar-refractivity contribution >= 4 is 29.9 Å². The van der Waals surface area contributed by atoms with Crippen LogP contribution in [-0.4, -0.2) is 19.8 Å². The Morgan fingerprint density at radius 3 is 2.45 bits per heavy atom. The normalized spacial score (nSPS) is 13.8. The number of nitrogens with one attached hydrogen (secondary N) is 2. The molecular formula is C19H20F4IN3O2. The quantitative estimate of drug-likeness (QED) is 0.272. The van der Waals surface area contributed by atoms with Gasteiger partial charge in [-0.05, 0) is 29.8 Å². The van der Waals surface area contributed by atoms with Crippen molar-refractivity contribution in [1.82, 2.24) is 10.6 Å². The van der Waals surface area contributed by atoms with Crippen molar-refractivity contribution in [2.45, 2.75) is 25.9 Å². The Kier molecular flexibility index (Phi) is 8.08. The van der Waals surface area contributed by atoms with Crippen LogP contribution in [0.4, 0.5) is 17.6 Å². The third-order valence-electron chi connectivity index (χ3n) is 4.16. The third kappa shape index (κ3) is 6.20. The number of nitrogens with zero attached hydrogens (tertiary/aromatic N) is 1. The Morgan fingerprint density at radius 2 is 1.79 bits per heavy atom. The minimum absolute atomic E-state index is 0. The van der Waals surface area contributed by atoms with Crippen LogP contribution in [-0.2, 0) is 30.6 Å². The van der Waals surface area contributed by atoms with E-state index in [2.05, 4.69) is 15.6 Å². The van der Waals surface area contributed by atoms with Gasteiger partial charge in [0.25, 0.3) is 0 Å². The van der Waals surface area contributed by atoms with E-state index < -0.39 is 17.6 Å². The SMILES string of the molecule is CN=C(NCc1ccc(C(F)(F)F)cc1)NCc1cc(F)cc2c1OCOC2.I. The third-order valence-corrected chi connectivity index (χ3v) is 4.16. The molecule has 0 saturated carbocycles. The van der Waals surface area contributed by atoms with E-state index in [-0.39, 0.29) is 50.5 Å². The molecule has 10 heteroatoms. The van der Waals surface area contributed by atoms with Crippen LogP contribution in [0.25, 0.3) is 0 Å². The van der Waals surface area contributed by atoms with Gasteiger partial charge in [-0.2, -0.15) is 13.2 Å². The Bertz CT molecular complexity index is 858. The first-order valence-corrected chi connectivity index (χ1v) is 8.49. The molecule has 158 valence electrons. The fourth-order valence-electron chi connectivity index (χ4n) is 2.78. The summed E-state index contributed by atoms with van der Waals surface area (Å²) in [5.41, 5.74) is 1.23. The number of fused-ring (bicyclic) bond motifs is 1. The molecule has 2 aromatic carbocycles. The molecule has 0 fully saturated rings. The highest BCUT2D eigenvalue weighted by Gasteiger charge is 2.29. The fraction of sp³-hybridized carbons (Fsp3) is 0.316. The van der Waals surface area contributed by atoms with Gasteiger partial charge in [-0.15, -0.1) is 24.0 Å². The van der Waals surface area contributed by atoms with Gasteiger partial charge in [0.2, 0.25) is 0 Å².